The van der Waals surface area contributed by atoms with Crippen molar-refractivity contribution in [1.29, 1.82) is 0 Å². The van der Waals surface area contributed by atoms with E-state index in [1.165, 1.54) is 31.2 Å². The zero-order valence-corrected chi connectivity index (χ0v) is 14.4. The van der Waals surface area contributed by atoms with Crippen LogP contribution in [0.1, 0.15) is 63.9 Å². The molecule has 1 aromatic carbocycles. The van der Waals surface area contributed by atoms with Crippen LogP contribution in [0.3, 0.4) is 0 Å². The Hall–Kier alpha value is -0.670. The lowest BCUT2D eigenvalue weighted by molar-refractivity contribution is 0.414. The van der Waals surface area contributed by atoms with E-state index in [0.717, 1.165) is 17.7 Å². The highest BCUT2D eigenvalue weighted by molar-refractivity contribution is 7.85. The summed E-state index contributed by atoms with van der Waals surface area (Å²) in [7, 11) is 1.11. The molecule has 1 aliphatic carbocycles. The average Bonchev–Trinajstić information content (AvgIpc) is 2.47. The topological polar surface area (TPSA) is 29.1 Å². The molecule has 1 N–H and O–H groups in total. The van der Waals surface area contributed by atoms with Gasteiger partial charge in [-0.3, -0.25) is 4.21 Å². The summed E-state index contributed by atoms with van der Waals surface area (Å²) in [5.41, 5.74) is 1.32. The van der Waals surface area contributed by atoms with Crippen molar-refractivity contribution in [3.05, 3.63) is 29.8 Å². The molecule has 118 valence electrons. The van der Waals surface area contributed by atoms with Crippen molar-refractivity contribution < 1.29 is 4.21 Å². The van der Waals surface area contributed by atoms with Gasteiger partial charge in [0.2, 0.25) is 0 Å². The Bertz CT molecular complexity index is 455. The van der Waals surface area contributed by atoms with Crippen molar-refractivity contribution in [2.45, 2.75) is 74.5 Å². The third-order valence-electron chi connectivity index (χ3n) is 4.63. The molecule has 3 unspecified atom stereocenters. The molecule has 0 bridgehead atoms. The quantitative estimate of drug-likeness (QED) is 0.902. The summed E-state index contributed by atoms with van der Waals surface area (Å²) in [6.07, 6.45) is 7.29. The van der Waals surface area contributed by atoms with Crippen molar-refractivity contribution in [2.75, 3.05) is 7.05 Å². The number of hydrogen-bond acceptors (Lipinski definition) is 2. The van der Waals surface area contributed by atoms with Crippen LogP contribution in [0.2, 0.25) is 0 Å². The summed E-state index contributed by atoms with van der Waals surface area (Å²) in [6.45, 7) is 4.38. The summed E-state index contributed by atoms with van der Waals surface area (Å²) < 4.78 is 13.0. The Balaban J connectivity index is 2.14. The lowest BCUT2D eigenvalue weighted by atomic mass is 9.96. The van der Waals surface area contributed by atoms with Gasteiger partial charge in [0.25, 0.3) is 0 Å². The predicted molar refractivity (Wildman–Crippen MR) is 91.3 cm³/mol. The van der Waals surface area contributed by atoms with Gasteiger partial charge < -0.3 is 5.32 Å². The normalized spacial score (nSPS) is 25.3. The Morgan fingerprint density at radius 3 is 2.24 bits per heavy atom. The molecule has 0 radical (unpaired) electrons. The van der Waals surface area contributed by atoms with Gasteiger partial charge in [-0.05, 0) is 43.5 Å². The van der Waals surface area contributed by atoms with Crippen LogP contribution in [0.5, 0.6) is 0 Å². The molecule has 1 fully saturated rings. The van der Waals surface area contributed by atoms with Crippen LogP contribution in [0.15, 0.2) is 29.2 Å². The van der Waals surface area contributed by atoms with Crippen LogP contribution in [-0.4, -0.2) is 22.5 Å². The zero-order valence-electron chi connectivity index (χ0n) is 13.6. The minimum Gasteiger partial charge on any atom is -0.316 e. The van der Waals surface area contributed by atoms with E-state index in [9.17, 15) is 4.21 Å². The molecule has 2 nitrogen and oxygen atoms in total. The second-order valence-corrected chi connectivity index (χ2v) is 8.12. The first-order chi connectivity index (χ1) is 10.1. The fourth-order valence-corrected chi connectivity index (χ4v) is 4.90. The Kier molecular flexibility index (Phi) is 6.43. The van der Waals surface area contributed by atoms with E-state index < -0.39 is 10.8 Å². The largest absolute Gasteiger partial charge is 0.316 e. The molecule has 2 rings (SSSR count). The number of rotatable bonds is 4. The van der Waals surface area contributed by atoms with Crippen molar-refractivity contribution in [3.63, 3.8) is 0 Å². The Morgan fingerprint density at radius 1 is 1.05 bits per heavy atom. The van der Waals surface area contributed by atoms with Gasteiger partial charge in [0.15, 0.2) is 0 Å². The molecule has 1 aromatic rings. The minimum atomic E-state index is -0.903. The van der Waals surface area contributed by atoms with Crippen LogP contribution in [0, 0.1) is 0 Å². The molecule has 1 saturated carbocycles. The van der Waals surface area contributed by atoms with Crippen molar-refractivity contribution in [3.8, 4) is 0 Å². The second-order valence-electron chi connectivity index (χ2n) is 6.45. The summed E-state index contributed by atoms with van der Waals surface area (Å²) in [5.74, 6) is 0.527. The molecule has 0 saturated heterocycles. The lowest BCUT2D eigenvalue weighted by Gasteiger charge is -2.28. The van der Waals surface area contributed by atoms with Gasteiger partial charge in [-0.1, -0.05) is 51.7 Å². The highest BCUT2D eigenvalue weighted by Gasteiger charge is 2.27. The lowest BCUT2D eigenvalue weighted by Crippen LogP contribution is -2.41. The summed E-state index contributed by atoms with van der Waals surface area (Å²) >= 11 is 0. The molecule has 0 heterocycles. The van der Waals surface area contributed by atoms with Gasteiger partial charge in [0.05, 0.1) is 16.0 Å². The second kappa shape index (κ2) is 8.09. The van der Waals surface area contributed by atoms with E-state index in [4.69, 9.17) is 0 Å². The van der Waals surface area contributed by atoms with Gasteiger partial charge in [-0.15, -0.1) is 0 Å². The third-order valence-corrected chi connectivity index (χ3v) is 6.48. The minimum absolute atomic E-state index is 0.250. The highest BCUT2D eigenvalue weighted by atomic mass is 32.2. The fraction of sp³-hybridized carbons (Fsp3) is 0.667. The predicted octanol–water partition coefficient (Wildman–Crippen LogP) is 4.23. The molecule has 0 spiro atoms. The number of benzene rings is 1. The monoisotopic (exact) mass is 307 g/mol. The van der Waals surface area contributed by atoms with Crippen LogP contribution in [-0.2, 0) is 10.8 Å². The first-order valence-electron chi connectivity index (χ1n) is 8.31. The summed E-state index contributed by atoms with van der Waals surface area (Å²) in [6, 6.07) is 8.79. The fourth-order valence-electron chi connectivity index (χ4n) is 3.20. The Morgan fingerprint density at radius 2 is 1.67 bits per heavy atom. The van der Waals surface area contributed by atoms with E-state index in [1.807, 2.05) is 7.05 Å². The maximum absolute atomic E-state index is 13.0. The SMILES string of the molecule is CNC1CCCCCCC1S(=O)c1ccc(C(C)C)cc1. The molecular weight excluding hydrogens is 278 g/mol. The summed E-state index contributed by atoms with van der Waals surface area (Å²) in [5, 5.41) is 3.66. The van der Waals surface area contributed by atoms with Crippen molar-refractivity contribution in [2.24, 2.45) is 0 Å². The first kappa shape index (κ1) is 16.7. The van der Waals surface area contributed by atoms with Gasteiger partial charge in [-0.2, -0.15) is 0 Å². The first-order valence-corrected chi connectivity index (χ1v) is 9.52. The van der Waals surface area contributed by atoms with Crippen LogP contribution in [0.4, 0.5) is 0 Å². The van der Waals surface area contributed by atoms with Gasteiger partial charge in [0, 0.05) is 10.9 Å². The molecule has 0 amide bonds. The van der Waals surface area contributed by atoms with Gasteiger partial charge in [-0.25, -0.2) is 0 Å². The molecular formula is C18H29NOS. The highest BCUT2D eigenvalue weighted by Crippen LogP contribution is 2.26. The van der Waals surface area contributed by atoms with Crippen LogP contribution < -0.4 is 5.32 Å². The van der Waals surface area contributed by atoms with Crippen molar-refractivity contribution in [1.82, 2.24) is 5.32 Å². The van der Waals surface area contributed by atoms with Crippen molar-refractivity contribution >= 4 is 10.8 Å². The average molecular weight is 308 g/mol. The molecule has 3 heteroatoms. The van der Waals surface area contributed by atoms with E-state index in [2.05, 4.69) is 43.4 Å². The number of hydrogen-bond donors (Lipinski definition) is 1. The zero-order chi connectivity index (χ0) is 15.2. The standard InChI is InChI=1S/C18H29NOS/c1-14(2)15-10-12-16(13-11-15)21(20)18-9-7-5-4-6-8-17(18)19-3/h10-14,17-19H,4-9H2,1-3H3. The maximum Gasteiger partial charge on any atom is 0.0576 e. The Labute approximate surface area is 132 Å². The van der Waals surface area contributed by atoms with Gasteiger partial charge in [0.1, 0.15) is 0 Å². The van der Waals surface area contributed by atoms with Gasteiger partial charge >= 0.3 is 0 Å². The van der Waals surface area contributed by atoms with E-state index >= 15 is 0 Å². The summed E-state index contributed by atoms with van der Waals surface area (Å²) in [4.78, 5) is 0.991. The van der Waals surface area contributed by atoms with E-state index in [0.29, 0.717) is 12.0 Å². The van der Waals surface area contributed by atoms with E-state index in [-0.39, 0.29) is 5.25 Å². The molecule has 3 atom stereocenters. The van der Waals surface area contributed by atoms with Crippen LogP contribution >= 0.6 is 0 Å². The molecule has 21 heavy (non-hydrogen) atoms. The smallest absolute Gasteiger partial charge is 0.0576 e. The van der Waals surface area contributed by atoms with Crippen LogP contribution in [0.25, 0.3) is 0 Å². The molecule has 0 aliphatic heterocycles. The third kappa shape index (κ3) is 4.40. The molecule has 1 aliphatic rings. The molecule has 0 aromatic heterocycles. The number of nitrogens with one attached hydrogen (secondary N) is 1. The maximum atomic E-state index is 13.0. The van der Waals surface area contributed by atoms with E-state index in [1.54, 1.807) is 0 Å².